The molecule has 4 heteroatoms. The number of carbonyl (C=O) groups excluding carboxylic acids is 1. The first kappa shape index (κ1) is 14.0. The van der Waals surface area contributed by atoms with E-state index in [0.29, 0.717) is 11.1 Å². The highest BCUT2D eigenvalue weighted by Gasteiger charge is 2.17. The van der Waals surface area contributed by atoms with Crippen LogP contribution < -0.4 is 0 Å². The average Bonchev–Trinajstić information content (AvgIpc) is 2.24. The fraction of sp³-hybridized carbons (Fsp3) is 0.286. The number of ether oxygens (including phenoxy) is 1. The van der Waals surface area contributed by atoms with Gasteiger partial charge in [-0.15, -0.1) is 0 Å². The zero-order chi connectivity index (χ0) is 13.8. The molecular weight excluding hydrogens is 232 g/mol. The Bertz CT molecular complexity index is 464. The molecule has 0 saturated heterocycles. The van der Waals surface area contributed by atoms with Crippen LogP contribution in [0.15, 0.2) is 30.3 Å². The third-order valence-electron chi connectivity index (χ3n) is 1.96. The van der Waals surface area contributed by atoms with E-state index in [0.717, 1.165) is 6.08 Å². The van der Waals surface area contributed by atoms with Gasteiger partial charge in [0.25, 0.3) is 0 Å². The molecular formula is C14H16O4. The van der Waals surface area contributed by atoms with Gasteiger partial charge in [0.15, 0.2) is 0 Å². The average molecular weight is 248 g/mol. The van der Waals surface area contributed by atoms with Gasteiger partial charge >= 0.3 is 11.9 Å². The maximum Gasteiger partial charge on any atom is 0.338 e. The lowest BCUT2D eigenvalue weighted by atomic mass is 10.1. The lowest BCUT2D eigenvalue weighted by molar-refractivity contribution is -0.131. The molecule has 0 spiro atoms. The molecule has 0 aliphatic heterocycles. The van der Waals surface area contributed by atoms with Crippen molar-refractivity contribution in [3.05, 3.63) is 41.5 Å². The van der Waals surface area contributed by atoms with Crippen molar-refractivity contribution < 1.29 is 19.4 Å². The summed E-state index contributed by atoms with van der Waals surface area (Å²) in [5, 5.41) is 8.48. The molecule has 1 aromatic rings. The Hall–Kier alpha value is -2.10. The highest BCUT2D eigenvalue weighted by molar-refractivity contribution is 5.90. The summed E-state index contributed by atoms with van der Waals surface area (Å²) in [5.74, 6) is -1.40. The van der Waals surface area contributed by atoms with Gasteiger partial charge in [-0.25, -0.2) is 9.59 Å². The third-order valence-corrected chi connectivity index (χ3v) is 1.96. The van der Waals surface area contributed by atoms with Crippen LogP contribution in [-0.2, 0) is 9.53 Å². The Morgan fingerprint density at radius 3 is 2.17 bits per heavy atom. The minimum absolute atomic E-state index is 0.392. The van der Waals surface area contributed by atoms with E-state index < -0.39 is 17.5 Å². The summed E-state index contributed by atoms with van der Waals surface area (Å²) in [6, 6.07) is 6.54. The van der Waals surface area contributed by atoms with Gasteiger partial charge in [0.2, 0.25) is 0 Å². The molecule has 96 valence electrons. The van der Waals surface area contributed by atoms with Gasteiger partial charge in [0.1, 0.15) is 5.60 Å². The highest BCUT2D eigenvalue weighted by Crippen LogP contribution is 2.13. The van der Waals surface area contributed by atoms with Crippen LogP contribution in [0.5, 0.6) is 0 Å². The lowest BCUT2D eigenvalue weighted by Gasteiger charge is -2.19. The van der Waals surface area contributed by atoms with E-state index in [9.17, 15) is 9.59 Å². The van der Waals surface area contributed by atoms with Crippen LogP contribution in [0.2, 0.25) is 0 Å². The molecule has 0 unspecified atom stereocenters. The van der Waals surface area contributed by atoms with Gasteiger partial charge in [-0.3, -0.25) is 0 Å². The van der Waals surface area contributed by atoms with Gasteiger partial charge in [-0.1, -0.05) is 12.1 Å². The lowest BCUT2D eigenvalue weighted by Crippen LogP contribution is -2.23. The molecule has 0 amide bonds. The van der Waals surface area contributed by atoms with Crippen molar-refractivity contribution in [3.63, 3.8) is 0 Å². The Morgan fingerprint density at radius 1 is 1.17 bits per heavy atom. The van der Waals surface area contributed by atoms with Gasteiger partial charge in [0.05, 0.1) is 5.56 Å². The van der Waals surface area contributed by atoms with E-state index in [-0.39, 0.29) is 0 Å². The van der Waals surface area contributed by atoms with Crippen LogP contribution in [-0.4, -0.2) is 22.6 Å². The number of aliphatic carboxylic acids is 1. The summed E-state index contributed by atoms with van der Waals surface area (Å²) in [5.41, 5.74) is 0.626. The standard InChI is InChI=1S/C14H16O4/c1-14(2,3)18-13(17)11-7-4-10(5-8-11)6-9-12(15)16/h4-9H,1-3H3,(H,15,16)/b9-6+. The minimum atomic E-state index is -1.01. The van der Waals surface area contributed by atoms with Crippen molar-refractivity contribution in [2.45, 2.75) is 26.4 Å². The number of esters is 1. The van der Waals surface area contributed by atoms with Crippen LogP contribution in [0.4, 0.5) is 0 Å². The zero-order valence-corrected chi connectivity index (χ0v) is 10.6. The number of rotatable bonds is 3. The molecule has 0 fully saturated rings. The summed E-state index contributed by atoms with van der Waals surface area (Å²) in [7, 11) is 0. The fourth-order valence-corrected chi connectivity index (χ4v) is 1.23. The second kappa shape index (κ2) is 5.49. The predicted molar refractivity (Wildman–Crippen MR) is 68.3 cm³/mol. The summed E-state index contributed by atoms with van der Waals surface area (Å²) >= 11 is 0. The van der Waals surface area contributed by atoms with Gasteiger partial charge < -0.3 is 9.84 Å². The summed E-state index contributed by atoms with van der Waals surface area (Å²) < 4.78 is 5.21. The van der Waals surface area contributed by atoms with E-state index in [1.54, 1.807) is 45.0 Å². The minimum Gasteiger partial charge on any atom is -0.478 e. The topological polar surface area (TPSA) is 63.6 Å². The van der Waals surface area contributed by atoms with Crippen molar-refractivity contribution in [2.24, 2.45) is 0 Å². The first-order valence-electron chi connectivity index (χ1n) is 5.52. The Labute approximate surface area is 106 Å². The van der Waals surface area contributed by atoms with Gasteiger partial charge in [-0.05, 0) is 44.5 Å². The first-order valence-corrected chi connectivity index (χ1v) is 5.52. The van der Waals surface area contributed by atoms with E-state index in [1.165, 1.54) is 6.08 Å². The summed E-state index contributed by atoms with van der Waals surface area (Å²) in [6.45, 7) is 5.40. The monoisotopic (exact) mass is 248 g/mol. The summed E-state index contributed by atoms with van der Waals surface area (Å²) in [6.07, 6.45) is 2.50. The molecule has 0 radical (unpaired) electrons. The van der Waals surface area contributed by atoms with E-state index >= 15 is 0 Å². The first-order chi connectivity index (χ1) is 8.28. The molecule has 0 bridgehead atoms. The van der Waals surface area contributed by atoms with Crippen molar-refractivity contribution >= 4 is 18.0 Å². The van der Waals surface area contributed by atoms with E-state index in [4.69, 9.17) is 9.84 Å². The number of hydrogen-bond donors (Lipinski definition) is 1. The molecule has 0 atom stereocenters. The molecule has 4 nitrogen and oxygen atoms in total. The number of benzene rings is 1. The molecule has 0 aromatic heterocycles. The number of carboxylic acid groups (broad SMARTS) is 1. The normalized spacial score (nSPS) is 11.5. The van der Waals surface area contributed by atoms with Crippen molar-refractivity contribution in [1.29, 1.82) is 0 Å². The predicted octanol–water partition coefficient (Wildman–Crippen LogP) is 2.74. The Morgan fingerprint density at radius 2 is 1.72 bits per heavy atom. The fourth-order valence-electron chi connectivity index (χ4n) is 1.23. The van der Waals surface area contributed by atoms with Crippen LogP contribution in [0.1, 0.15) is 36.7 Å². The molecule has 0 aliphatic carbocycles. The maximum atomic E-state index is 11.7. The quantitative estimate of drug-likeness (QED) is 0.660. The smallest absolute Gasteiger partial charge is 0.338 e. The molecule has 1 aromatic carbocycles. The second-order valence-electron chi connectivity index (χ2n) is 4.80. The highest BCUT2D eigenvalue weighted by atomic mass is 16.6. The molecule has 1 N–H and O–H groups in total. The SMILES string of the molecule is CC(C)(C)OC(=O)c1ccc(/C=C/C(=O)O)cc1. The molecule has 0 saturated carbocycles. The number of carboxylic acids is 1. The van der Waals surface area contributed by atoms with Crippen LogP contribution >= 0.6 is 0 Å². The number of hydrogen-bond acceptors (Lipinski definition) is 3. The molecule has 0 heterocycles. The largest absolute Gasteiger partial charge is 0.478 e. The maximum absolute atomic E-state index is 11.7. The van der Waals surface area contributed by atoms with Crippen LogP contribution in [0.3, 0.4) is 0 Å². The van der Waals surface area contributed by atoms with Crippen molar-refractivity contribution in [1.82, 2.24) is 0 Å². The van der Waals surface area contributed by atoms with Crippen LogP contribution in [0.25, 0.3) is 6.08 Å². The van der Waals surface area contributed by atoms with Crippen LogP contribution in [0, 0.1) is 0 Å². The zero-order valence-electron chi connectivity index (χ0n) is 10.6. The van der Waals surface area contributed by atoms with Gasteiger partial charge in [-0.2, -0.15) is 0 Å². The Balaban J connectivity index is 2.77. The van der Waals surface area contributed by atoms with Gasteiger partial charge in [0, 0.05) is 6.08 Å². The second-order valence-corrected chi connectivity index (χ2v) is 4.80. The Kier molecular flexibility index (Phi) is 4.26. The molecule has 1 rings (SSSR count). The van der Waals surface area contributed by atoms with Crippen molar-refractivity contribution in [3.8, 4) is 0 Å². The summed E-state index contributed by atoms with van der Waals surface area (Å²) in [4.78, 5) is 22.0. The number of carbonyl (C=O) groups is 2. The molecule has 0 aliphatic rings. The third kappa shape index (κ3) is 4.82. The van der Waals surface area contributed by atoms with Crippen molar-refractivity contribution in [2.75, 3.05) is 0 Å². The van der Waals surface area contributed by atoms with E-state index in [1.807, 2.05) is 0 Å². The van der Waals surface area contributed by atoms with E-state index in [2.05, 4.69) is 0 Å². The molecule has 18 heavy (non-hydrogen) atoms.